The third-order valence-electron chi connectivity index (χ3n) is 5.68. The van der Waals surface area contributed by atoms with Crippen molar-refractivity contribution in [3.63, 3.8) is 0 Å². The average molecular weight is 447 g/mol. The maximum Gasteiger partial charge on any atom is 0.231 e. The third kappa shape index (κ3) is 6.28. The number of carbonyl (C=O) groups is 2. The summed E-state index contributed by atoms with van der Waals surface area (Å²) in [7, 11) is 1.65. The molecule has 7 nitrogen and oxygen atoms in total. The van der Waals surface area contributed by atoms with Gasteiger partial charge in [0.15, 0.2) is 0 Å². The van der Waals surface area contributed by atoms with Crippen molar-refractivity contribution in [2.75, 3.05) is 45.2 Å². The van der Waals surface area contributed by atoms with Crippen molar-refractivity contribution in [2.45, 2.75) is 32.6 Å². The number of aromatic nitrogens is 1. The Hall–Kier alpha value is -1.41. The Kier molecular flexibility index (Phi) is 10.3. The minimum atomic E-state index is -0.461. The highest BCUT2D eigenvalue weighted by molar-refractivity contribution is 5.92. The predicted molar refractivity (Wildman–Crippen MR) is 118 cm³/mol. The van der Waals surface area contributed by atoms with E-state index in [1.165, 1.54) is 0 Å². The number of aryl methyl sites for hydroxylation is 1. The number of methoxy groups -OCH3 is 1. The van der Waals surface area contributed by atoms with Crippen LogP contribution in [0.5, 0.6) is 0 Å². The van der Waals surface area contributed by atoms with Crippen LogP contribution >= 0.6 is 24.8 Å². The summed E-state index contributed by atoms with van der Waals surface area (Å²) < 4.78 is 5.40. The molecule has 1 unspecified atom stereocenters. The number of halogens is 2. The Morgan fingerprint density at radius 1 is 1.31 bits per heavy atom. The second-order valence-electron chi connectivity index (χ2n) is 7.76. The summed E-state index contributed by atoms with van der Waals surface area (Å²) in [6.45, 7) is 5.23. The minimum absolute atomic E-state index is 0. The molecule has 0 radical (unpaired) electrons. The number of nitrogens with one attached hydrogen (secondary N) is 2. The molecular formula is C20H32Cl2N4O3. The van der Waals surface area contributed by atoms with Gasteiger partial charge in [-0.1, -0.05) is 6.07 Å². The largest absolute Gasteiger partial charge is 0.384 e. The molecule has 29 heavy (non-hydrogen) atoms. The summed E-state index contributed by atoms with van der Waals surface area (Å²) in [6.07, 6.45) is 4.92. The number of nitrogens with zero attached hydrogens (tertiary/aromatic N) is 2. The Labute approximate surface area is 185 Å². The number of ether oxygens (including phenoxy) is 1. The number of likely N-dealkylation sites (tertiary alicyclic amines) is 1. The lowest BCUT2D eigenvalue weighted by Gasteiger charge is -2.42. The summed E-state index contributed by atoms with van der Waals surface area (Å²) in [5.41, 5.74) is 0.588. The average Bonchev–Trinajstić information content (AvgIpc) is 2.70. The maximum atomic E-state index is 13.3. The molecule has 0 aliphatic carbocycles. The molecule has 1 aromatic rings. The minimum Gasteiger partial charge on any atom is -0.384 e. The van der Waals surface area contributed by atoms with Crippen molar-refractivity contribution >= 4 is 42.4 Å². The van der Waals surface area contributed by atoms with Gasteiger partial charge < -0.3 is 20.3 Å². The molecule has 1 aromatic heterocycles. The topological polar surface area (TPSA) is 83.6 Å². The van der Waals surface area contributed by atoms with E-state index in [-0.39, 0.29) is 42.5 Å². The van der Waals surface area contributed by atoms with Crippen LogP contribution in [-0.2, 0) is 14.3 Å². The molecule has 9 heteroatoms. The highest BCUT2D eigenvalue weighted by Gasteiger charge is 2.43. The number of pyridine rings is 1. The van der Waals surface area contributed by atoms with E-state index in [1.54, 1.807) is 13.3 Å². The zero-order chi connectivity index (χ0) is 19.3. The van der Waals surface area contributed by atoms with E-state index in [1.807, 2.05) is 24.0 Å². The summed E-state index contributed by atoms with van der Waals surface area (Å²) in [5, 5.41) is 6.21. The number of rotatable bonds is 5. The first-order chi connectivity index (χ1) is 13.0. The number of hydrogen-bond donors (Lipinski definition) is 2. The maximum absolute atomic E-state index is 13.3. The lowest BCUT2D eigenvalue weighted by atomic mass is 9.77. The molecule has 164 valence electrons. The predicted octanol–water partition coefficient (Wildman–Crippen LogP) is 2.43. The van der Waals surface area contributed by atoms with Crippen LogP contribution in [0.25, 0.3) is 0 Å². The van der Waals surface area contributed by atoms with E-state index in [0.717, 1.165) is 44.3 Å². The molecular weight excluding hydrogens is 415 g/mol. The molecule has 0 saturated carbocycles. The van der Waals surface area contributed by atoms with Crippen LogP contribution in [0, 0.1) is 18.3 Å². The van der Waals surface area contributed by atoms with Gasteiger partial charge in [0.25, 0.3) is 0 Å². The second-order valence-corrected chi connectivity index (χ2v) is 7.76. The smallest absolute Gasteiger partial charge is 0.231 e. The molecule has 3 rings (SSSR count). The van der Waals surface area contributed by atoms with Crippen molar-refractivity contribution < 1.29 is 14.3 Å². The third-order valence-corrected chi connectivity index (χ3v) is 5.68. The summed E-state index contributed by atoms with van der Waals surface area (Å²) in [4.78, 5) is 32.1. The van der Waals surface area contributed by atoms with Crippen LogP contribution in [0.15, 0.2) is 18.3 Å². The fraction of sp³-hybridized carbons (Fsp3) is 0.650. The lowest BCUT2D eigenvalue weighted by Crippen LogP contribution is -2.54. The molecule has 1 atom stereocenters. The summed E-state index contributed by atoms with van der Waals surface area (Å²) in [5.74, 6) is 0.433. The standard InChI is InChI=1S/C20H30N4O3.2ClH/c1-15-5-6-17(22-12-15)23-18(25)16-4-3-11-24(13-16)19(26)20(14-27-2)7-9-21-10-8-20;;/h5-6,12,16,21H,3-4,7-11,13-14H2,1-2H3,(H,22,23,25);2*1H. The van der Waals surface area contributed by atoms with Gasteiger partial charge in [-0.05, 0) is 57.3 Å². The highest BCUT2D eigenvalue weighted by Crippen LogP contribution is 2.33. The van der Waals surface area contributed by atoms with Crippen LogP contribution in [0.2, 0.25) is 0 Å². The number of piperidine rings is 2. The van der Waals surface area contributed by atoms with E-state index in [2.05, 4.69) is 15.6 Å². The van der Waals surface area contributed by atoms with Gasteiger partial charge >= 0.3 is 0 Å². The lowest BCUT2D eigenvalue weighted by molar-refractivity contribution is -0.150. The van der Waals surface area contributed by atoms with E-state index in [9.17, 15) is 9.59 Å². The van der Waals surface area contributed by atoms with Crippen LogP contribution in [0.3, 0.4) is 0 Å². The normalized spacial score (nSPS) is 20.8. The molecule has 3 heterocycles. The zero-order valence-electron chi connectivity index (χ0n) is 17.1. The first kappa shape index (κ1) is 25.6. The van der Waals surface area contributed by atoms with Gasteiger partial charge in [0.1, 0.15) is 5.82 Å². The quantitative estimate of drug-likeness (QED) is 0.725. The van der Waals surface area contributed by atoms with E-state index in [4.69, 9.17) is 4.74 Å². The molecule has 2 aliphatic rings. The van der Waals surface area contributed by atoms with Gasteiger partial charge in [0.2, 0.25) is 11.8 Å². The van der Waals surface area contributed by atoms with Crippen molar-refractivity contribution in [1.82, 2.24) is 15.2 Å². The molecule has 2 N–H and O–H groups in total. The number of carbonyl (C=O) groups excluding carboxylic acids is 2. The van der Waals surface area contributed by atoms with Crippen molar-refractivity contribution in [3.8, 4) is 0 Å². The Morgan fingerprint density at radius 3 is 2.66 bits per heavy atom. The van der Waals surface area contributed by atoms with Crippen LogP contribution in [0.4, 0.5) is 5.82 Å². The molecule has 2 fully saturated rings. The molecule has 0 aromatic carbocycles. The second kappa shape index (κ2) is 11.7. The highest BCUT2D eigenvalue weighted by atomic mass is 35.5. The molecule has 2 amide bonds. The number of hydrogen-bond acceptors (Lipinski definition) is 5. The van der Waals surface area contributed by atoms with Gasteiger partial charge in [-0.15, -0.1) is 24.8 Å². The Balaban J connectivity index is 0.00000210. The SMILES string of the molecule is COCC1(C(=O)N2CCCC(C(=O)Nc3ccc(C)cn3)C2)CCNCC1.Cl.Cl. The Morgan fingerprint density at radius 2 is 2.03 bits per heavy atom. The van der Waals surface area contributed by atoms with E-state index < -0.39 is 5.41 Å². The fourth-order valence-electron chi connectivity index (χ4n) is 4.08. The van der Waals surface area contributed by atoms with Crippen molar-refractivity contribution in [1.29, 1.82) is 0 Å². The summed E-state index contributed by atoms with van der Waals surface area (Å²) >= 11 is 0. The number of anilines is 1. The van der Waals surface area contributed by atoms with Gasteiger partial charge in [0.05, 0.1) is 17.9 Å². The van der Waals surface area contributed by atoms with Crippen LogP contribution < -0.4 is 10.6 Å². The van der Waals surface area contributed by atoms with Gasteiger partial charge in [-0.3, -0.25) is 9.59 Å². The molecule has 0 spiro atoms. The van der Waals surface area contributed by atoms with Crippen molar-refractivity contribution in [2.24, 2.45) is 11.3 Å². The first-order valence-corrected chi connectivity index (χ1v) is 9.77. The molecule has 0 bridgehead atoms. The zero-order valence-corrected chi connectivity index (χ0v) is 18.7. The monoisotopic (exact) mass is 446 g/mol. The van der Waals surface area contributed by atoms with Gasteiger partial charge in [-0.25, -0.2) is 4.98 Å². The van der Waals surface area contributed by atoms with Gasteiger partial charge in [-0.2, -0.15) is 0 Å². The Bertz CT molecular complexity index is 661. The van der Waals surface area contributed by atoms with Gasteiger partial charge in [0, 0.05) is 26.4 Å². The van der Waals surface area contributed by atoms with Crippen LogP contribution in [-0.4, -0.2) is 61.6 Å². The van der Waals surface area contributed by atoms with Crippen LogP contribution in [0.1, 0.15) is 31.2 Å². The summed E-state index contributed by atoms with van der Waals surface area (Å²) in [6, 6.07) is 3.73. The molecule has 2 saturated heterocycles. The molecule has 2 aliphatic heterocycles. The van der Waals surface area contributed by atoms with E-state index in [0.29, 0.717) is 25.5 Å². The first-order valence-electron chi connectivity index (χ1n) is 9.77. The number of amides is 2. The van der Waals surface area contributed by atoms with Crippen molar-refractivity contribution in [3.05, 3.63) is 23.9 Å². The fourth-order valence-corrected chi connectivity index (χ4v) is 4.08. The van der Waals surface area contributed by atoms with E-state index >= 15 is 0 Å².